The van der Waals surface area contributed by atoms with Gasteiger partial charge in [0.05, 0.1) is 0 Å². The van der Waals surface area contributed by atoms with Gasteiger partial charge in [0.1, 0.15) is 10.7 Å². The molecule has 1 aromatic rings. The third-order valence-electron chi connectivity index (χ3n) is 7.22. The van der Waals surface area contributed by atoms with Gasteiger partial charge in [-0.1, -0.05) is 45.0 Å². The smallest absolute Gasteiger partial charge is 0.285 e. The van der Waals surface area contributed by atoms with Gasteiger partial charge in [-0.2, -0.15) is 8.42 Å². The second kappa shape index (κ2) is 9.00. The van der Waals surface area contributed by atoms with Crippen LogP contribution in [0.25, 0.3) is 4.91 Å². The second-order valence-electron chi connectivity index (χ2n) is 9.89. The highest BCUT2D eigenvalue weighted by atomic mass is 32.2. The Morgan fingerprint density at radius 2 is 1.59 bits per heavy atom. The Kier molecular flexibility index (Phi) is 6.48. The highest BCUT2D eigenvalue weighted by molar-refractivity contribution is 8.00. The first-order valence-electron chi connectivity index (χ1n) is 11.9. The molecule has 2 saturated heterocycles. The first-order valence-corrected chi connectivity index (χ1v) is 13.3. The van der Waals surface area contributed by atoms with E-state index >= 15 is 0 Å². The van der Waals surface area contributed by atoms with Crippen molar-refractivity contribution in [2.24, 2.45) is 16.2 Å². The second-order valence-corrected chi connectivity index (χ2v) is 11.4. The average Bonchev–Trinajstić information content (AvgIpc) is 3.02. The summed E-state index contributed by atoms with van der Waals surface area (Å²) in [6.07, 6.45) is 3.67. The quantitative estimate of drug-likeness (QED) is 0.680. The minimum absolute atomic E-state index is 0.0330. The minimum atomic E-state index is -3.72. The summed E-state index contributed by atoms with van der Waals surface area (Å²) in [5.41, 5.74) is 2.57. The number of amidine groups is 1. The molecule has 32 heavy (non-hydrogen) atoms. The van der Waals surface area contributed by atoms with E-state index in [1.165, 1.54) is 5.56 Å². The van der Waals surface area contributed by atoms with E-state index in [9.17, 15) is 13.2 Å². The van der Waals surface area contributed by atoms with Crippen LogP contribution in [-0.4, -0.2) is 56.1 Å². The van der Waals surface area contributed by atoms with Gasteiger partial charge in [0.2, 0.25) is 5.91 Å². The lowest BCUT2D eigenvalue weighted by atomic mass is 9.92. The molecule has 2 fully saturated rings. The number of sulfonamides is 1. The Balaban J connectivity index is 1.46. The third-order valence-corrected chi connectivity index (χ3v) is 8.69. The fourth-order valence-corrected chi connectivity index (χ4v) is 6.51. The summed E-state index contributed by atoms with van der Waals surface area (Å²) in [7, 11) is -3.72. The molecule has 3 heterocycles. The van der Waals surface area contributed by atoms with Gasteiger partial charge in [-0.25, -0.2) is 0 Å². The molecular formula is C25H35N3O3S. The van der Waals surface area contributed by atoms with Crippen molar-refractivity contribution in [1.29, 1.82) is 0 Å². The van der Waals surface area contributed by atoms with Gasteiger partial charge in [-0.15, -0.1) is 4.40 Å². The van der Waals surface area contributed by atoms with E-state index in [4.69, 9.17) is 0 Å². The molecular weight excluding hydrogens is 422 g/mol. The molecule has 1 amide bonds. The molecule has 0 aliphatic carbocycles. The largest absolute Gasteiger partial charge is 0.356 e. The van der Waals surface area contributed by atoms with Crippen molar-refractivity contribution in [3.8, 4) is 0 Å². The number of nitrogens with zero attached hydrogens (tertiary/aromatic N) is 3. The molecule has 3 aliphatic rings. The Bertz CT molecular complexity index is 1020. The Morgan fingerprint density at radius 1 is 1.00 bits per heavy atom. The van der Waals surface area contributed by atoms with Gasteiger partial charge in [-0.05, 0) is 55.6 Å². The summed E-state index contributed by atoms with van der Waals surface area (Å²) in [5.74, 6) is 1.95. The van der Waals surface area contributed by atoms with Crippen LogP contribution in [0.15, 0.2) is 34.2 Å². The monoisotopic (exact) mass is 457 g/mol. The summed E-state index contributed by atoms with van der Waals surface area (Å²) in [6, 6.07) is 7.75. The summed E-state index contributed by atoms with van der Waals surface area (Å²) in [4.78, 5) is 17.3. The number of carbonyl (C=O) groups is 1. The van der Waals surface area contributed by atoms with Gasteiger partial charge in [0.25, 0.3) is 10.0 Å². The van der Waals surface area contributed by atoms with Crippen LogP contribution >= 0.6 is 0 Å². The Labute approximate surface area is 192 Å². The summed E-state index contributed by atoms with van der Waals surface area (Å²) in [5, 5.41) is 0. The van der Waals surface area contributed by atoms with Crippen molar-refractivity contribution in [1.82, 2.24) is 9.80 Å². The van der Waals surface area contributed by atoms with Crippen molar-refractivity contribution in [3.63, 3.8) is 0 Å². The van der Waals surface area contributed by atoms with Crippen molar-refractivity contribution < 1.29 is 13.2 Å². The van der Waals surface area contributed by atoms with Crippen LogP contribution in [0, 0.1) is 11.8 Å². The maximum atomic E-state index is 12.9. The van der Waals surface area contributed by atoms with Gasteiger partial charge < -0.3 is 9.80 Å². The predicted molar refractivity (Wildman–Crippen MR) is 129 cm³/mol. The van der Waals surface area contributed by atoms with E-state index in [-0.39, 0.29) is 11.8 Å². The van der Waals surface area contributed by atoms with Crippen LogP contribution in [0.1, 0.15) is 70.4 Å². The molecule has 1 aromatic carbocycles. The number of likely N-dealkylation sites (tertiary alicyclic amines) is 2. The number of rotatable bonds is 3. The molecule has 4 rings (SSSR count). The van der Waals surface area contributed by atoms with Crippen molar-refractivity contribution in [3.05, 3.63) is 41.0 Å². The van der Waals surface area contributed by atoms with Crippen LogP contribution in [0.4, 0.5) is 0 Å². The number of hydrogen-bond donors (Lipinski definition) is 0. The predicted octanol–water partition coefficient (Wildman–Crippen LogP) is 4.25. The Morgan fingerprint density at radius 3 is 2.16 bits per heavy atom. The SMILES string of the molecule is CC1=C(c2ccc(C(C)C)cc2)S(=O)(=O)N=C1N1CCC(C(=O)N2CCC(C)CC2)CC1. The molecule has 0 spiro atoms. The highest BCUT2D eigenvalue weighted by Crippen LogP contribution is 2.35. The topological polar surface area (TPSA) is 70.0 Å². The van der Waals surface area contributed by atoms with Crippen molar-refractivity contribution >= 4 is 26.7 Å². The zero-order chi connectivity index (χ0) is 23.0. The molecule has 0 saturated carbocycles. The van der Waals surface area contributed by atoms with Crippen LogP contribution in [0.5, 0.6) is 0 Å². The van der Waals surface area contributed by atoms with E-state index in [0.717, 1.165) is 38.8 Å². The molecule has 0 atom stereocenters. The summed E-state index contributed by atoms with van der Waals surface area (Å²) >= 11 is 0. The lowest BCUT2D eigenvalue weighted by Gasteiger charge is -2.37. The lowest BCUT2D eigenvalue weighted by molar-refractivity contribution is -0.138. The molecule has 0 N–H and O–H groups in total. The van der Waals surface area contributed by atoms with E-state index in [1.807, 2.05) is 41.0 Å². The maximum Gasteiger partial charge on any atom is 0.285 e. The Hall–Kier alpha value is -2.15. The van der Waals surface area contributed by atoms with Crippen molar-refractivity contribution in [2.45, 2.75) is 59.3 Å². The average molecular weight is 458 g/mol. The number of amides is 1. The normalized spacial score (nSPS) is 22.6. The summed E-state index contributed by atoms with van der Waals surface area (Å²) < 4.78 is 30.0. The first-order chi connectivity index (χ1) is 15.2. The molecule has 0 bridgehead atoms. The maximum absolute atomic E-state index is 12.9. The zero-order valence-corrected chi connectivity index (χ0v) is 20.5. The van der Waals surface area contributed by atoms with Crippen molar-refractivity contribution in [2.75, 3.05) is 26.2 Å². The van der Waals surface area contributed by atoms with Crippen LogP contribution in [0.3, 0.4) is 0 Å². The molecule has 0 aromatic heterocycles. The van der Waals surface area contributed by atoms with E-state index in [0.29, 0.717) is 46.8 Å². The first kappa shape index (κ1) is 23.0. The number of hydrogen-bond acceptors (Lipinski definition) is 4. The number of benzene rings is 1. The fourth-order valence-electron chi connectivity index (χ4n) is 5.03. The molecule has 0 unspecified atom stereocenters. The molecule has 0 radical (unpaired) electrons. The highest BCUT2D eigenvalue weighted by Gasteiger charge is 2.36. The van der Waals surface area contributed by atoms with Gasteiger partial charge in [0, 0.05) is 37.7 Å². The molecule has 174 valence electrons. The standard InChI is InChI=1S/C25H35N3O3S/c1-17(2)20-5-7-21(8-6-20)23-19(4)24(26-32(23,30)31)27-15-11-22(12-16-27)25(29)28-13-9-18(3)10-14-28/h5-8,17-18,22H,9-16H2,1-4H3. The van der Waals surface area contributed by atoms with Crippen LogP contribution in [-0.2, 0) is 14.8 Å². The van der Waals surface area contributed by atoms with E-state index in [2.05, 4.69) is 25.2 Å². The fraction of sp³-hybridized carbons (Fsp3) is 0.600. The third kappa shape index (κ3) is 4.49. The van der Waals surface area contributed by atoms with Crippen LogP contribution < -0.4 is 0 Å². The number of piperidine rings is 2. The summed E-state index contributed by atoms with van der Waals surface area (Å²) in [6.45, 7) is 11.4. The van der Waals surface area contributed by atoms with Crippen LogP contribution in [0.2, 0.25) is 0 Å². The van der Waals surface area contributed by atoms with Gasteiger partial charge >= 0.3 is 0 Å². The molecule has 3 aliphatic heterocycles. The molecule has 7 heteroatoms. The van der Waals surface area contributed by atoms with Gasteiger partial charge in [0.15, 0.2) is 0 Å². The number of carbonyl (C=O) groups excluding carboxylic acids is 1. The minimum Gasteiger partial charge on any atom is -0.356 e. The molecule has 6 nitrogen and oxygen atoms in total. The zero-order valence-electron chi connectivity index (χ0n) is 19.7. The van der Waals surface area contributed by atoms with E-state index in [1.54, 1.807) is 0 Å². The van der Waals surface area contributed by atoms with E-state index < -0.39 is 10.0 Å². The lowest BCUT2D eigenvalue weighted by Crippen LogP contribution is -2.46. The van der Waals surface area contributed by atoms with Gasteiger partial charge in [-0.3, -0.25) is 4.79 Å².